The molecule has 0 saturated heterocycles. The maximum Gasteiger partial charge on any atom is 0.338 e. The second-order valence-corrected chi connectivity index (χ2v) is 7.07. The van der Waals surface area contributed by atoms with Crippen LogP contribution in [0.5, 0.6) is 0 Å². The van der Waals surface area contributed by atoms with E-state index in [1.54, 1.807) is 31.3 Å². The molecule has 6 nitrogen and oxygen atoms in total. The number of carboxylic acids is 1. The highest BCUT2D eigenvalue weighted by atomic mass is 35.5. The van der Waals surface area contributed by atoms with Crippen molar-refractivity contribution in [3.05, 3.63) is 81.6 Å². The smallest absolute Gasteiger partial charge is 0.338 e. The van der Waals surface area contributed by atoms with Gasteiger partial charge >= 0.3 is 11.9 Å². The molecule has 3 aromatic rings. The fourth-order valence-electron chi connectivity index (χ4n) is 3.20. The fraction of sp³-hybridized carbons (Fsp3) is 0.174. The Labute approximate surface area is 179 Å². The molecular weight excluding hydrogens is 404 g/mol. The quantitative estimate of drug-likeness (QED) is 0.426. The first-order chi connectivity index (χ1) is 14.3. The molecular formula is C23H21ClN2O4. The summed E-state index contributed by atoms with van der Waals surface area (Å²) in [4.78, 5) is 27.6. The lowest BCUT2D eigenvalue weighted by Crippen LogP contribution is -2.06. The van der Waals surface area contributed by atoms with Crippen LogP contribution >= 0.6 is 11.6 Å². The van der Waals surface area contributed by atoms with Crippen LogP contribution in [-0.2, 0) is 4.74 Å². The summed E-state index contributed by atoms with van der Waals surface area (Å²) in [5.41, 5.74) is 4.76. The summed E-state index contributed by atoms with van der Waals surface area (Å²) in [5.74, 6) is -1.44. The van der Waals surface area contributed by atoms with Crippen molar-refractivity contribution in [3.8, 4) is 5.69 Å². The monoisotopic (exact) mass is 424 g/mol. The van der Waals surface area contributed by atoms with Gasteiger partial charge in [0, 0.05) is 28.9 Å². The summed E-state index contributed by atoms with van der Waals surface area (Å²) in [6, 6.07) is 13.8. The number of nitrogens with zero attached hydrogens (tertiary/aromatic N) is 2. The first kappa shape index (κ1) is 21.3. The molecule has 0 aliphatic rings. The largest absolute Gasteiger partial charge is 0.478 e. The Kier molecular flexibility index (Phi) is 6.37. The Bertz CT molecular complexity index is 1150. The molecule has 0 unspecified atom stereocenters. The molecule has 1 aromatic heterocycles. The number of aromatic carboxylic acids is 1. The SMILES string of the molecule is CCOC(=O)c1cccc(-n2c(C)cc(C=Nc3ccc(C(=O)O)c(Cl)c3)c2C)c1. The molecule has 0 radical (unpaired) electrons. The van der Waals surface area contributed by atoms with Crippen molar-refractivity contribution in [3.63, 3.8) is 0 Å². The van der Waals surface area contributed by atoms with E-state index in [0.29, 0.717) is 17.9 Å². The van der Waals surface area contributed by atoms with E-state index in [-0.39, 0.29) is 16.6 Å². The van der Waals surface area contributed by atoms with E-state index < -0.39 is 5.97 Å². The van der Waals surface area contributed by atoms with Crippen LogP contribution in [0, 0.1) is 13.8 Å². The summed E-state index contributed by atoms with van der Waals surface area (Å²) in [7, 11) is 0. The van der Waals surface area contributed by atoms with E-state index in [9.17, 15) is 9.59 Å². The number of aromatic nitrogens is 1. The van der Waals surface area contributed by atoms with Gasteiger partial charge in [-0.25, -0.2) is 9.59 Å². The molecule has 1 heterocycles. The highest BCUT2D eigenvalue weighted by molar-refractivity contribution is 6.33. The maximum atomic E-state index is 12.1. The molecule has 0 aliphatic heterocycles. The summed E-state index contributed by atoms with van der Waals surface area (Å²) >= 11 is 6.01. The zero-order chi connectivity index (χ0) is 21.8. The second kappa shape index (κ2) is 8.97. The van der Waals surface area contributed by atoms with Crippen molar-refractivity contribution >= 4 is 35.4 Å². The first-order valence-corrected chi connectivity index (χ1v) is 9.73. The van der Waals surface area contributed by atoms with Gasteiger partial charge in [-0.1, -0.05) is 17.7 Å². The number of benzene rings is 2. The van der Waals surface area contributed by atoms with Gasteiger partial charge in [0.1, 0.15) is 0 Å². The van der Waals surface area contributed by atoms with Crippen molar-refractivity contribution in [1.29, 1.82) is 0 Å². The number of halogens is 1. The van der Waals surface area contributed by atoms with Gasteiger partial charge in [-0.2, -0.15) is 0 Å². The van der Waals surface area contributed by atoms with Crippen LogP contribution in [0.3, 0.4) is 0 Å². The zero-order valence-corrected chi connectivity index (χ0v) is 17.6. The Morgan fingerprint density at radius 1 is 1.17 bits per heavy atom. The van der Waals surface area contributed by atoms with Crippen molar-refractivity contribution in [2.24, 2.45) is 4.99 Å². The third kappa shape index (κ3) is 4.44. The lowest BCUT2D eigenvalue weighted by atomic mass is 10.2. The van der Waals surface area contributed by atoms with Crippen molar-refractivity contribution in [2.75, 3.05) is 6.61 Å². The number of carboxylic acid groups (broad SMARTS) is 1. The van der Waals surface area contributed by atoms with Crippen molar-refractivity contribution in [2.45, 2.75) is 20.8 Å². The Morgan fingerprint density at radius 2 is 1.93 bits per heavy atom. The highest BCUT2D eigenvalue weighted by Gasteiger charge is 2.13. The van der Waals surface area contributed by atoms with Gasteiger partial charge in [-0.3, -0.25) is 4.99 Å². The maximum absolute atomic E-state index is 12.1. The van der Waals surface area contributed by atoms with E-state index in [1.807, 2.05) is 36.6 Å². The molecule has 3 rings (SSSR count). The van der Waals surface area contributed by atoms with E-state index in [4.69, 9.17) is 21.4 Å². The number of aryl methyl sites for hydroxylation is 1. The molecule has 0 fully saturated rings. The molecule has 0 saturated carbocycles. The predicted molar refractivity (Wildman–Crippen MR) is 117 cm³/mol. The number of carbonyl (C=O) groups excluding carboxylic acids is 1. The van der Waals surface area contributed by atoms with Crippen LogP contribution in [0.2, 0.25) is 5.02 Å². The van der Waals surface area contributed by atoms with Crippen LogP contribution in [0.25, 0.3) is 5.69 Å². The van der Waals surface area contributed by atoms with E-state index in [1.165, 1.54) is 12.1 Å². The van der Waals surface area contributed by atoms with Crippen LogP contribution in [-0.4, -0.2) is 34.4 Å². The van der Waals surface area contributed by atoms with Crippen LogP contribution in [0.15, 0.2) is 53.5 Å². The normalized spacial score (nSPS) is 11.1. The molecule has 0 spiro atoms. The number of esters is 1. The van der Waals surface area contributed by atoms with Crippen LogP contribution < -0.4 is 0 Å². The molecule has 30 heavy (non-hydrogen) atoms. The topological polar surface area (TPSA) is 80.9 Å². The summed E-state index contributed by atoms with van der Waals surface area (Å²) in [6.45, 7) is 6.03. The van der Waals surface area contributed by atoms with Crippen molar-refractivity contribution < 1.29 is 19.4 Å². The van der Waals surface area contributed by atoms with Gasteiger partial charge in [0.05, 0.1) is 28.4 Å². The van der Waals surface area contributed by atoms with Gasteiger partial charge in [0.15, 0.2) is 0 Å². The molecule has 0 atom stereocenters. The molecule has 2 aromatic carbocycles. The second-order valence-electron chi connectivity index (χ2n) is 6.66. The highest BCUT2D eigenvalue weighted by Crippen LogP contribution is 2.25. The van der Waals surface area contributed by atoms with E-state index >= 15 is 0 Å². The van der Waals surface area contributed by atoms with Gasteiger partial charge in [0.2, 0.25) is 0 Å². The lowest BCUT2D eigenvalue weighted by Gasteiger charge is -2.11. The minimum atomic E-state index is -1.08. The third-order valence-electron chi connectivity index (χ3n) is 4.62. The fourth-order valence-corrected chi connectivity index (χ4v) is 3.46. The summed E-state index contributed by atoms with van der Waals surface area (Å²) in [5, 5.41) is 9.21. The Hall–Kier alpha value is -3.38. The number of carbonyl (C=O) groups is 2. The Balaban J connectivity index is 1.92. The van der Waals surface area contributed by atoms with E-state index in [2.05, 4.69) is 4.99 Å². The number of hydrogen-bond acceptors (Lipinski definition) is 4. The third-order valence-corrected chi connectivity index (χ3v) is 4.93. The van der Waals surface area contributed by atoms with Gasteiger partial charge in [-0.15, -0.1) is 0 Å². The number of rotatable bonds is 6. The average molecular weight is 425 g/mol. The minimum absolute atomic E-state index is 0.0373. The predicted octanol–water partition coefficient (Wildman–Crippen LogP) is 5.37. The number of ether oxygens (including phenoxy) is 1. The molecule has 7 heteroatoms. The number of aliphatic imine (C=N–C) groups is 1. The van der Waals surface area contributed by atoms with Crippen LogP contribution in [0.4, 0.5) is 5.69 Å². The molecule has 0 aliphatic carbocycles. The zero-order valence-electron chi connectivity index (χ0n) is 16.8. The first-order valence-electron chi connectivity index (χ1n) is 9.35. The molecule has 1 N–H and O–H groups in total. The van der Waals surface area contributed by atoms with Gasteiger partial charge < -0.3 is 14.4 Å². The molecule has 0 bridgehead atoms. The summed E-state index contributed by atoms with van der Waals surface area (Å²) < 4.78 is 7.12. The van der Waals surface area contributed by atoms with E-state index in [0.717, 1.165) is 22.6 Å². The van der Waals surface area contributed by atoms with Crippen molar-refractivity contribution in [1.82, 2.24) is 4.57 Å². The molecule has 0 amide bonds. The number of hydrogen-bond donors (Lipinski definition) is 1. The standard InChI is InChI=1S/C23H21ClN2O4/c1-4-30-23(29)16-6-5-7-19(11-16)26-14(2)10-17(15(26)3)13-25-18-8-9-20(22(27)28)21(24)12-18/h5-13H,4H2,1-3H3,(H,27,28). The van der Waals surface area contributed by atoms with Gasteiger partial charge in [-0.05, 0) is 63.2 Å². The minimum Gasteiger partial charge on any atom is -0.478 e. The summed E-state index contributed by atoms with van der Waals surface area (Å²) in [6.07, 6.45) is 1.71. The Morgan fingerprint density at radius 3 is 2.60 bits per heavy atom. The molecule has 154 valence electrons. The lowest BCUT2D eigenvalue weighted by molar-refractivity contribution is 0.0525. The van der Waals surface area contributed by atoms with Crippen LogP contribution in [0.1, 0.15) is 44.6 Å². The average Bonchev–Trinajstić information content (AvgIpc) is 2.99. The van der Waals surface area contributed by atoms with Gasteiger partial charge in [0.25, 0.3) is 0 Å².